The number of aryl methyl sites for hydroxylation is 1. The maximum atomic E-state index is 12.1. The molecule has 2 rings (SSSR count). The Bertz CT molecular complexity index is 539. The lowest BCUT2D eigenvalue weighted by Gasteiger charge is -2.15. The number of rotatable bonds is 9. The average molecular weight is 371 g/mol. The van der Waals surface area contributed by atoms with Gasteiger partial charge >= 0.3 is 0 Å². The molecule has 25 heavy (non-hydrogen) atoms. The Labute approximate surface area is 156 Å². The van der Waals surface area contributed by atoms with Crippen molar-refractivity contribution in [3.05, 3.63) is 23.8 Å². The summed E-state index contributed by atoms with van der Waals surface area (Å²) in [4.78, 5) is 12.1. The summed E-state index contributed by atoms with van der Waals surface area (Å²) in [6.07, 6.45) is 8.31. The van der Waals surface area contributed by atoms with Crippen molar-refractivity contribution in [2.75, 3.05) is 11.9 Å². The van der Waals surface area contributed by atoms with Crippen molar-refractivity contribution in [3.63, 3.8) is 0 Å². The predicted molar refractivity (Wildman–Crippen MR) is 103 cm³/mol. The summed E-state index contributed by atoms with van der Waals surface area (Å²) < 4.78 is 0. The predicted octanol–water partition coefficient (Wildman–Crippen LogP) is 3.38. The number of hydrogen-bond donors (Lipinski definition) is 4. The Hall–Kier alpha value is -1.30. The van der Waals surface area contributed by atoms with Crippen LogP contribution in [0.2, 0.25) is 0 Å². The van der Waals surface area contributed by atoms with Crippen LogP contribution in [0.5, 0.6) is 5.75 Å². The smallest absolute Gasteiger partial charge is 0.244 e. The van der Waals surface area contributed by atoms with Gasteiger partial charge in [0.15, 0.2) is 0 Å². The van der Waals surface area contributed by atoms with Crippen molar-refractivity contribution in [3.8, 4) is 5.75 Å². The van der Waals surface area contributed by atoms with Crippen LogP contribution in [0.3, 0.4) is 0 Å². The zero-order chi connectivity index (χ0) is 17.4. The van der Waals surface area contributed by atoms with Gasteiger partial charge in [-0.3, -0.25) is 4.79 Å². The maximum absolute atomic E-state index is 12.1. The lowest BCUT2D eigenvalue weighted by molar-refractivity contribution is -0.119. The van der Waals surface area contributed by atoms with E-state index < -0.39 is 12.1 Å². The lowest BCUT2D eigenvalue weighted by Crippen LogP contribution is -2.42. The molecule has 1 fully saturated rings. The SMILES string of the molecule is CCCCCCCCc1ccc(NC(=O)[C@H]2NCC[C@@H]2O)c(O)c1.Cl. The second-order valence-electron chi connectivity index (χ2n) is 6.65. The molecule has 5 nitrogen and oxygen atoms in total. The molecule has 1 aliphatic heterocycles. The van der Waals surface area contributed by atoms with E-state index in [4.69, 9.17) is 0 Å². The second kappa shape index (κ2) is 11.3. The molecular weight excluding hydrogens is 340 g/mol. The van der Waals surface area contributed by atoms with Crippen LogP contribution in [0.25, 0.3) is 0 Å². The van der Waals surface area contributed by atoms with E-state index in [0.29, 0.717) is 18.7 Å². The van der Waals surface area contributed by atoms with Crippen LogP contribution in [0.15, 0.2) is 18.2 Å². The monoisotopic (exact) mass is 370 g/mol. The molecule has 1 aliphatic rings. The number of carbonyl (C=O) groups is 1. The van der Waals surface area contributed by atoms with E-state index >= 15 is 0 Å². The molecule has 0 radical (unpaired) electrons. The summed E-state index contributed by atoms with van der Waals surface area (Å²) in [5, 5.41) is 25.5. The first kappa shape index (κ1) is 21.7. The van der Waals surface area contributed by atoms with Crippen LogP contribution in [-0.2, 0) is 11.2 Å². The summed E-state index contributed by atoms with van der Waals surface area (Å²) >= 11 is 0. The molecule has 1 aromatic carbocycles. The van der Waals surface area contributed by atoms with Gasteiger partial charge in [0.2, 0.25) is 5.91 Å². The van der Waals surface area contributed by atoms with Gasteiger partial charge in [0.05, 0.1) is 11.8 Å². The number of halogens is 1. The summed E-state index contributed by atoms with van der Waals surface area (Å²) in [5.74, 6) is -0.224. The van der Waals surface area contributed by atoms with Crippen molar-refractivity contribution < 1.29 is 15.0 Å². The van der Waals surface area contributed by atoms with Crippen LogP contribution in [-0.4, -0.2) is 34.8 Å². The van der Waals surface area contributed by atoms with E-state index in [1.54, 1.807) is 12.1 Å². The van der Waals surface area contributed by atoms with Gasteiger partial charge in [-0.15, -0.1) is 12.4 Å². The van der Waals surface area contributed by atoms with Crippen LogP contribution in [0, 0.1) is 0 Å². The number of nitrogens with one attached hydrogen (secondary N) is 2. The Morgan fingerprint density at radius 3 is 2.60 bits per heavy atom. The van der Waals surface area contributed by atoms with Crippen molar-refractivity contribution >= 4 is 24.0 Å². The first-order valence-electron chi connectivity index (χ1n) is 9.16. The number of amides is 1. The second-order valence-corrected chi connectivity index (χ2v) is 6.65. The van der Waals surface area contributed by atoms with Crippen LogP contribution in [0.4, 0.5) is 5.69 Å². The van der Waals surface area contributed by atoms with Crippen LogP contribution < -0.4 is 10.6 Å². The van der Waals surface area contributed by atoms with Gasteiger partial charge in [0, 0.05) is 0 Å². The zero-order valence-electron chi connectivity index (χ0n) is 15.0. The number of unbranched alkanes of at least 4 members (excludes halogenated alkanes) is 5. The molecule has 142 valence electrons. The summed E-state index contributed by atoms with van der Waals surface area (Å²) in [7, 11) is 0. The number of aromatic hydroxyl groups is 1. The summed E-state index contributed by atoms with van der Waals surface area (Å²) in [6.45, 7) is 2.84. The van der Waals surface area contributed by atoms with Gasteiger partial charge in [-0.2, -0.15) is 0 Å². The van der Waals surface area contributed by atoms with Crippen molar-refractivity contribution in [1.82, 2.24) is 5.32 Å². The molecule has 6 heteroatoms. The molecule has 0 aromatic heterocycles. The van der Waals surface area contributed by atoms with Gasteiger partial charge < -0.3 is 20.8 Å². The highest BCUT2D eigenvalue weighted by Gasteiger charge is 2.31. The molecule has 2 atom stereocenters. The third kappa shape index (κ3) is 6.84. The van der Waals surface area contributed by atoms with Gasteiger partial charge in [0.25, 0.3) is 0 Å². The van der Waals surface area contributed by atoms with E-state index in [9.17, 15) is 15.0 Å². The molecule has 0 spiro atoms. The van der Waals surface area contributed by atoms with Crippen molar-refractivity contribution in [1.29, 1.82) is 0 Å². The summed E-state index contributed by atoms with van der Waals surface area (Å²) in [6, 6.07) is 4.80. The quantitative estimate of drug-likeness (QED) is 0.397. The molecule has 1 amide bonds. The van der Waals surface area contributed by atoms with Gasteiger partial charge in [0.1, 0.15) is 11.8 Å². The number of benzene rings is 1. The topological polar surface area (TPSA) is 81.6 Å². The largest absolute Gasteiger partial charge is 0.506 e. The fourth-order valence-electron chi connectivity index (χ4n) is 3.12. The molecule has 0 unspecified atom stereocenters. The van der Waals surface area contributed by atoms with E-state index in [2.05, 4.69) is 17.6 Å². The van der Waals surface area contributed by atoms with Crippen molar-refractivity contribution in [2.24, 2.45) is 0 Å². The molecule has 1 saturated heterocycles. The highest BCUT2D eigenvalue weighted by molar-refractivity contribution is 5.96. The highest BCUT2D eigenvalue weighted by Crippen LogP contribution is 2.26. The Balaban J connectivity index is 0.00000312. The average Bonchev–Trinajstić information content (AvgIpc) is 2.99. The Morgan fingerprint density at radius 2 is 1.96 bits per heavy atom. The molecule has 4 N–H and O–H groups in total. The minimum atomic E-state index is -0.667. The Kier molecular flexibility index (Phi) is 9.86. The van der Waals surface area contributed by atoms with Crippen LogP contribution in [0.1, 0.15) is 57.4 Å². The summed E-state index contributed by atoms with van der Waals surface area (Å²) in [5.41, 5.74) is 1.48. The minimum absolute atomic E-state index is 0. The number of phenolic OH excluding ortho intramolecular Hbond substituents is 1. The molecule has 1 heterocycles. The van der Waals surface area contributed by atoms with Gasteiger partial charge in [-0.05, 0) is 43.5 Å². The van der Waals surface area contributed by atoms with E-state index in [1.165, 1.54) is 32.1 Å². The molecule has 0 saturated carbocycles. The lowest BCUT2D eigenvalue weighted by atomic mass is 10.0. The third-order valence-corrected chi connectivity index (χ3v) is 4.61. The number of carbonyl (C=O) groups excluding carboxylic acids is 1. The number of anilines is 1. The van der Waals surface area contributed by atoms with Crippen molar-refractivity contribution in [2.45, 2.75) is 70.4 Å². The van der Waals surface area contributed by atoms with Gasteiger partial charge in [-0.1, -0.05) is 45.1 Å². The number of hydrogen-bond acceptors (Lipinski definition) is 4. The molecule has 1 aromatic rings. The number of aliphatic hydroxyl groups excluding tert-OH is 1. The number of aliphatic hydroxyl groups is 1. The molecular formula is C19H31ClN2O3. The highest BCUT2D eigenvalue weighted by atomic mass is 35.5. The fraction of sp³-hybridized carbons (Fsp3) is 0.632. The molecule has 0 bridgehead atoms. The first-order chi connectivity index (χ1) is 11.6. The fourth-order valence-corrected chi connectivity index (χ4v) is 3.12. The van der Waals surface area contributed by atoms with E-state index in [0.717, 1.165) is 18.4 Å². The third-order valence-electron chi connectivity index (χ3n) is 4.61. The van der Waals surface area contributed by atoms with E-state index in [1.807, 2.05) is 6.07 Å². The van der Waals surface area contributed by atoms with E-state index in [-0.39, 0.29) is 24.1 Å². The molecule has 0 aliphatic carbocycles. The zero-order valence-corrected chi connectivity index (χ0v) is 15.8. The minimum Gasteiger partial charge on any atom is -0.506 e. The van der Waals surface area contributed by atoms with Crippen LogP contribution >= 0.6 is 12.4 Å². The standard InChI is InChI=1S/C19H30N2O3.ClH/c1-2-3-4-5-6-7-8-14-9-10-15(17(23)13-14)21-19(24)18-16(22)11-12-20-18;/h9-10,13,16,18,20,22-23H,2-8,11-12H2,1H3,(H,21,24);1H/t16-,18-;/m0./s1. The Morgan fingerprint density at radius 1 is 1.24 bits per heavy atom. The maximum Gasteiger partial charge on any atom is 0.244 e. The van der Waals surface area contributed by atoms with Gasteiger partial charge in [-0.25, -0.2) is 0 Å². The first-order valence-corrected chi connectivity index (χ1v) is 9.16. The number of phenols is 1. The normalized spacial score (nSPS) is 19.4.